The Bertz CT molecular complexity index is 936. The maximum atomic E-state index is 14.4. The van der Waals surface area contributed by atoms with Gasteiger partial charge in [-0.05, 0) is 12.1 Å². The zero-order valence-corrected chi connectivity index (χ0v) is 14.2. The lowest BCUT2D eigenvalue weighted by Gasteiger charge is -2.13. The Morgan fingerprint density at radius 1 is 1.35 bits per heavy atom. The minimum absolute atomic E-state index is 0.0509. The smallest absolute Gasteiger partial charge is 0.338 e. The number of nitrogens with one attached hydrogen (secondary N) is 1. The van der Waals surface area contributed by atoms with Gasteiger partial charge in [0.1, 0.15) is 24.4 Å². The Kier molecular flexibility index (Phi) is 4.52. The molecule has 0 spiro atoms. The van der Waals surface area contributed by atoms with Crippen LogP contribution in [0.3, 0.4) is 0 Å². The number of halogens is 2. The fourth-order valence-electron chi connectivity index (χ4n) is 2.82. The van der Waals surface area contributed by atoms with Crippen molar-refractivity contribution in [3.63, 3.8) is 0 Å². The summed E-state index contributed by atoms with van der Waals surface area (Å²) in [4.78, 5) is 27.1. The predicted octanol–water partition coefficient (Wildman–Crippen LogP) is 3.03. The lowest BCUT2D eigenvalue weighted by atomic mass is 10.1. The molecule has 7 nitrogen and oxygen atoms in total. The van der Waals surface area contributed by atoms with Crippen LogP contribution in [0, 0.1) is 0 Å². The molecule has 26 heavy (non-hydrogen) atoms. The molecule has 3 atom stereocenters. The van der Waals surface area contributed by atoms with Crippen LogP contribution in [0.15, 0.2) is 36.7 Å². The number of nitrogens with zero attached hydrogens (tertiary/aromatic N) is 3. The molecule has 0 saturated carbocycles. The average molecular weight is 377 g/mol. The number of hydrogen-bond donors (Lipinski definition) is 1. The lowest BCUT2D eigenvalue weighted by Crippen LogP contribution is -2.18. The zero-order chi connectivity index (χ0) is 18.1. The molecule has 0 aliphatic carbocycles. The maximum absolute atomic E-state index is 14.4. The number of carbonyl (C=O) groups excluding carboxylic acids is 1. The van der Waals surface area contributed by atoms with Gasteiger partial charge in [-0.1, -0.05) is 29.8 Å². The van der Waals surface area contributed by atoms with E-state index in [-0.39, 0.29) is 24.0 Å². The number of aromatic amines is 1. The molecule has 1 aliphatic rings. The number of esters is 1. The van der Waals surface area contributed by atoms with Crippen LogP contribution in [0.1, 0.15) is 28.7 Å². The Morgan fingerprint density at radius 3 is 2.96 bits per heavy atom. The first kappa shape index (κ1) is 16.9. The van der Waals surface area contributed by atoms with E-state index in [1.165, 1.54) is 6.33 Å². The molecule has 0 bridgehead atoms. The second-order valence-corrected chi connectivity index (χ2v) is 6.23. The summed E-state index contributed by atoms with van der Waals surface area (Å²) in [7, 11) is 0. The molecule has 134 valence electrons. The van der Waals surface area contributed by atoms with E-state index in [2.05, 4.69) is 19.9 Å². The molecular weight excluding hydrogens is 363 g/mol. The molecule has 1 aromatic carbocycles. The minimum Gasteiger partial charge on any atom is -0.459 e. The molecule has 4 rings (SSSR count). The highest BCUT2D eigenvalue weighted by atomic mass is 35.5. The SMILES string of the molecule is O=C(OC[C@@H]1C[C@H](F)[C@H](c2nc(Cl)c3nc[nH]c3n2)O1)c1ccccc1. The van der Waals surface area contributed by atoms with E-state index in [0.29, 0.717) is 16.7 Å². The van der Waals surface area contributed by atoms with E-state index in [9.17, 15) is 9.18 Å². The summed E-state index contributed by atoms with van der Waals surface area (Å²) < 4.78 is 25.3. The Labute approximate surface area is 152 Å². The number of alkyl halides is 1. The molecule has 1 aliphatic heterocycles. The first-order valence-corrected chi connectivity index (χ1v) is 8.38. The normalized spacial score (nSPS) is 22.6. The van der Waals surface area contributed by atoms with Gasteiger partial charge in [0, 0.05) is 6.42 Å². The molecular formula is C17H14ClFN4O3. The van der Waals surface area contributed by atoms with Crippen molar-refractivity contribution in [2.75, 3.05) is 6.61 Å². The summed E-state index contributed by atoms with van der Waals surface area (Å²) in [6.07, 6.45) is -1.37. The van der Waals surface area contributed by atoms with Crippen LogP contribution in [0.2, 0.25) is 5.15 Å². The third-order valence-electron chi connectivity index (χ3n) is 4.07. The van der Waals surface area contributed by atoms with Gasteiger partial charge in [0.25, 0.3) is 0 Å². The van der Waals surface area contributed by atoms with Gasteiger partial charge in [0.15, 0.2) is 16.6 Å². The summed E-state index contributed by atoms with van der Waals surface area (Å²) in [5, 5.41) is 0.126. The maximum Gasteiger partial charge on any atom is 0.338 e. The van der Waals surface area contributed by atoms with E-state index < -0.39 is 24.3 Å². The first-order valence-electron chi connectivity index (χ1n) is 8.00. The van der Waals surface area contributed by atoms with Crippen molar-refractivity contribution in [3.8, 4) is 0 Å². The highest BCUT2D eigenvalue weighted by molar-refractivity contribution is 6.33. The second-order valence-electron chi connectivity index (χ2n) is 5.87. The Hall–Kier alpha value is -2.58. The molecule has 0 unspecified atom stereocenters. The summed E-state index contributed by atoms with van der Waals surface area (Å²) in [5.41, 5.74) is 1.26. The van der Waals surface area contributed by atoms with Crippen LogP contribution < -0.4 is 0 Å². The van der Waals surface area contributed by atoms with E-state index in [1.54, 1.807) is 30.3 Å². The highest BCUT2D eigenvalue weighted by Crippen LogP contribution is 2.35. The van der Waals surface area contributed by atoms with E-state index in [0.717, 1.165) is 0 Å². The fraction of sp³-hybridized carbons (Fsp3) is 0.294. The molecule has 2 aromatic heterocycles. The average Bonchev–Trinajstić information content (AvgIpc) is 3.27. The number of ether oxygens (including phenoxy) is 2. The lowest BCUT2D eigenvalue weighted by molar-refractivity contribution is -0.0168. The first-order chi connectivity index (χ1) is 12.6. The molecule has 1 saturated heterocycles. The van der Waals surface area contributed by atoms with Gasteiger partial charge in [0.05, 0.1) is 18.0 Å². The minimum atomic E-state index is -1.33. The van der Waals surface area contributed by atoms with E-state index in [1.807, 2.05) is 0 Å². The van der Waals surface area contributed by atoms with Gasteiger partial charge in [-0.2, -0.15) is 0 Å². The van der Waals surface area contributed by atoms with Gasteiger partial charge in [0.2, 0.25) is 0 Å². The monoisotopic (exact) mass is 376 g/mol. The number of carbonyl (C=O) groups is 1. The van der Waals surface area contributed by atoms with Crippen LogP contribution >= 0.6 is 11.6 Å². The molecule has 9 heteroatoms. The second kappa shape index (κ2) is 6.97. The van der Waals surface area contributed by atoms with E-state index >= 15 is 0 Å². The third-order valence-corrected chi connectivity index (χ3v) is 4.34. The topological polar surface area (TPSA) is 90.0 Å². The fourth-order valence-corrected chi connectivity index (χ4v) is 3.05. The molecule has 3 aromatic rings. The van der Waals surface area contributed by atoms with Gasteiger partial charge in [-0.3, -0.25) is 0 Å². The standard InChI is InChI=1S/C17H14ClFN4O3/c18-14-12-15(21-8-20-12)23-16(22-14)13-11(19)6-10(26-13)7-25-17(24)9-4-2-1-3-5-9/h1-5,8,10-11,13H,6-7H2,(H,20,21,22,23)/t10-,11-,13+/m0/s1. The van der Waals surface area contributed by atoms with Crippen LogP contribution in [-0.2, 0) is 9.47 Å². The number of benzene rings is 1. The van der Waals surface area contributed by atoms with Crippen LogP contribution in [0.25, 0.3) is 11.2 Å². The zero-order valence-electron chi connectivity index (χ0n) is 13.4. The number of imidazole rings is 1. The molecule has 1 N–H and O–H groups in total. The summed E-state index contributed by atoms with van der Waals surface area (Å²) in [5.74, 6) is -0.345. The van der Waals surface area contributed by atoms with Crippen molar-refractivity contribution in [1.82, 2.24) is 19.9 Å². The van der Waals surface area contributed by atoms with E-state index in [4.69, 9.17) is 21.1 Å². The largest absolute Gasteiger partial charge is 0.459 e. The molecule has 3 heterocycles. The number of fused-ring (bicyclic) bond motifs is 1. The van der Waals surface area contributed by atoms with Crippen LogP contribution in [-0.4, -0.2) is 44.8 Å². The van der Waals surface area contributed by atoms with Crippen molar-refractivity contribution in [2.45, 2.75) is 24.8 Å². The molecule has 1 fully saturated rings. The van der Waals surface area contributed by atoms with Crippen LogP contribution in [0.4, 0.5) is 4.39 Å². The van der Waals surface area contributed by atoms with Gasteiger partial charge >= 0.3 is 5.97 Å². The molecule has 0 radical (unpaired) electrons. The Balaban J connectivity index is 1.43. The van der Waals surface area contributed by atoms with Crippen molar-refractivity contribution < 1.29 is 18.7 Å². The van der Waals surface area contributed by atoms with Gasteiger partial charge < -0.3 is 14.5 Å². The highest BCUT2D eigenvalue weighted by Gasteiger charge is 2.39. The summed E-state index contributed by atoms with van der Waals surface area (Å²) in [6, 6.07) is 8.57. The number of H-pyrrole nitrogens is 1. The summed E-state index contributed by atoms with van der Waals surface area (Å²) in [6.45, 7) is -0.0509. The van der Waals surface area contributed by atoms with Crippen molar-refractivity contribution in [1.29, 1.82) is 0 Å². The Morgan fingerprint density at radius 2 is 2.15 bits per heavy atom. The van der Waals surface area contributed by atoms with Crippen LogP contribution in [0.5, 0.6) is 0 Å². The molecule has 0 amide bonds. The summed E-state index contributed by atoms with van der Waals surface area (Å²) >= 11 is 6.06. The third kappa shape index (κ3) is 3.25. The quantitative estimate of drug-likeness (QED) is 0.556. The number of rotatable bonds is 4. The van der Waals surface area contributed by atoms with Gasteiger partial charge in [-0.15, -0.1) is 0 Å². The number of aromatic nitrogens is 4. The predicted molar refractivity (Wildman–Crippen MR) is 90.5 cm³/mol. The van der Waals surface area contributed by atoms with Crippen molar-refractivity contribution in [3.05, 3.63) is 53.2 Å². The van der Waals surface area contributed by atoms with Crippen molar-refractivity contribution in [2.24, 2.45) is 0 Å². The number of hydrogen-bond acceptors (Lipinski definition) is 6. The van der Waals surface area contributed by atoms with Crippen molar-refractivity contribution >= 4 is 28.7 Å². The van der Waals surface area contributed by atoms with Gasteiger partial charge in [-0.25, -0.2) is 24.1 Å².